The zero-order valence-corrected chi connectivity index (χ0v) is 14.3. The smallest absolute Gasteiger partial charge is 0.224 e. The molecule has 5 nitrogen and oxygen atoms in total. The van der Waals surface area contributed by atoms with Gasteiger partial charge in [-0.1, -0.05) is 19.1 Å². The monoisotopic (exact) mass is 334 g/mol. The molecular formula is C14H23ClN2O3S. The van der Waals surface area contributed by atoms with Crippen LogP contribution in [0.3, 0.4) is 0 Å². The van der Waals surface area contributed by atoms with Crippen molar-refractivity contribution < 1.29 is 13.2 Å². The van der Waals surface area contributed by atoms with Crippen LogP contribution in [0.2, 0.25) is 0 Å². The van der Waals surface area contributed by atoms with E-state index in [9.17, 15) is 13.2 Å². The second-order valence-corrected chi connectivity index (χ2v) is 7.05. The minimum Gasteiger partial charge on any atom is -0.349 e. The molecule has 7 heteroatoms. The minimum atomic E-state index is -3.18. The number of carbonyl (C=O) groups is 1. The van der Waals surface area contributed by atoms with Crippen LogP contribution in [0.1, 0.15) is 25.5 Å². The molecule has 2 atom stereocenters. The van der Waals surface area contributed by atoms with Gasteiger partial charge in [0.2, 0.25) is 5.91 Å². The second kappa shape index (κ2) is 8.36. The average Bonchev–Trinajstić information content (AvgIpc) is 2.38. The maximum atomic E-state index is 11.9. The molecule has 0 saturated heterocycles. The van der Waals surface area contributed by atoms with E-state index in [-0.39, 0.29) is 35.2 Å². The molecule has 0 radical (unpaired) electrons. The summed E-state index contributed by atoms with van der Waals surface area (Å²) in [5.41, 5.74) is 0.877. The maximum absolute atomic E-state index is 11.9. The maximum Gasteiger partial charge on any atom is 0.224 e. The highest BCUT2D eigenvalue weighted by molar-refractivity contribution is 7.90. The molecule has 0 spiro atoms. The Labute approximate surface area is 132 Å². The first-order valence-electron chi connectivity index (χ1n) is 6.50. The van der Waals surface area contributed by atoms with E-state index in [2.05, 4.69) is 10.6 Å². The molecule has 0 aliphatic heterocycles. The number of sulfone groups is 1. The van der Waals surface area contributed by atoms with Gasteiger partial charge >= 0.3 is 0 Å². The van der Waals surface area contributed by atoms with Crippen molar-refractivity contribution in [3.05, 3.63) is 29.8 Å². The van der Waals surface area contributed by atoms with Crippen LogP contribution in [0.5, 0.6) is 0 Å². The van der Waals surface area contributed by atoms with Crippen molar-refractivity contribution in [2.45, 2.75) is 24.8 Å². The van der Waals surface area contributed by atoms with Gasteiger partial charge in [-0.15, -0.1) is 12.4 Å². The van der Waals surface area contributed by atoms with E-state index in [1.807, 2.05) is 13.8 Å². The summed E-state index contributed by atoms with van der Waals surface area (Å²) in [6.45, 7) is 4.34. The van der Waals surface area contributed by atoms with E-state index in [0.29, 0.717) is 6.54 Å². The molecule has 2 N–H and O–H groups in total. The molecule has 0 bridgehead atoms. The van der Waals surface area contributed by atoms with E-state index in [4.69, 9.17) is 0 Å². The summed E-state index contributed by atoms with van der Waals surface area (Å²) in [6, 6.07) is 6.42. The number of rotatable bonds is 6. The van der Waals surface area contributed by atoms with E-state index < -0.39 is 9.84 Å². The van der Waals surface area contributed by atoms with Gasteiger partial charge in [0.15, 0.2) is 9.84 Å². The van der Waals surface area contributed by atoms with Crippen molar-refractivity contribution in [3.8, 4) is 0 Å². The third-order valence-electron chi connectivity index (χ3n) is 3.12. The first-order valence-corrected chi connectivity index (χ1v) is 8.40. The predicted octanol–water partition coefficient (Wildman–Crippen LogP) is 1.54. The van der Waals surface area contributed by atoms with Gasteiger partial charge in [-0.25, -0.2) is 8.42 Å². The molecule has 0 heterocycles. The number of hydrogen-bond donors (Lipinski definition) is 2. The van der Waals surface area contributed by atoms with Crippen LogP contribution >= 0.6 is 12.4 Å². The van der Waals surface area contributed by atoms with Gasteiger partial charge in [0.25, 0.3) is 0 Å². The van der Waals surface area contributed by atoms with E-state index in [0.717, 1.165) is 5.56 Å². The number of halogens is 1. The highest BCUT2D eigenvalue weighted by Gasteiger charge is 2.16. The fourth-order valence-corrected chi connectivity index (χ4v) is 2.47. The fraction of sp³-hybridized carbons (Fsp3) is 0.500. The van der Waals surface area contributed by atoms with Crippen LogP contribution in [0, 0.1) is 5.92 Å². The van der Waals surface area contributed by atoms with Crippen LogP contribution in [-0.4, -0.2) is 34.2 Å². The largest absolute Gasteiger partial charge is 0.349 e. The molecule has 21 heavy (non-hydrogen) atoms. The normalized spacial score (nSPS) is 13.9. The quantitative estimate of drug-likeness (QED) is 0.827. The van der Waals surface area contributed by atoms with Gasteiger partial charge < -0.3 is 10.6 Å². The summed E-state index contributed by atoms with van der Waals surface area (Å²) in [5, 5.41) is 5.87. The minimum absolute atomic E-state index is 0. The number of hydrogen-bond acceptors (Lipinski definition) is 4. The Hall–Kier alpha value is -1.11. The highest BCUT2D eigenvalue weighted by atomic mass is 35.5. The lowest BCUT2D eigenvalue weighted by atomic mass is 10.1. The fourth-order valence-electron chi connectivity index (χ4n) is 1.84. The van der Waals surface area contributed by atoms with Gasteiger partial charge in [-0.05, 0) is 31.7 Å². The molecule has 1 aromatic carbocycles. The third kappa shape index (κ3) is 6.03. The first kappa shape index (κ1) is 19.9. The highest BCUT2D eigenvalue weighted by Crippen LogP contribution is 2.16. The van der Waals surface area contributed by atoms with Crippen LogP contribution in [-0.2, 0) is 14.6 Å². The summed E-state index contributed by atoms with van der Waals surface area (Å²) in [6.07, 6.45) is 1.17. The molecule has 0 aromatic heterocycles. The Bertz CT molecular complexity index is 558. The molecule has 0 fully saturated rings. The van der Waals surface area contributed by atoms with Gasteiger partial charge in [0, 0.05) is 18.7 Å². The average molecular weight is 335 g/mol. The van der Waals surface area contributed by atoms with Crippen molar-refractivity contribution in [1.29, 1.82) is 0 Å². The van der Waals surface area contributed by atoms with Crippen molar-refractivity contribution in [2.75, 3.05) is 19.8 Å². The Morgan fingerprint density at radius 1 is 1.19 bits per heavy atom. The zero-order chi connectivity index (χ0) is 15.3. The molecule has 1 rings (SSSR count). The Balaban J connectivity index is 0.00000400. The molecule has 1 aromatic rings. The number of amides is 1. The number of benzene rings is 1. The van der Waals surface area contributed by atoms with Gasteiger partial charge in [0.05, 0.1) is 10.9 Å². The van der Waals surface area contributed by atoms with Crippen molar-refractivity contribution in [3.63, 3.8) is 0 Å². The summed E-state index contributed by atoms with van der Waals surface area (Å²) in [5.74, 6) is -0.142. The molecule has 0 aliphatic rings. The first-order chi connectivity index (χ1) is 9.25. The lowest BCUT2D eigenvalue weighted by Gasteiger charge is -2.18. The van der Waals surface area contributed by atoms with Crippen molar-refractivity contribution >= 4 is 28.2 Å². The van der Waals surface area contributed by atoms with Crippen LogP contribution in [0.4, 0.5) is 0 Å². The molecule has 0 saturated carbocycles. The van der Waals surface area contributed by atoms with Crippen LogP contribution in [0.15, 0.2) is 29.2 Å². The molecule has 2 unspecified atom stereocenters. The standard InChI is InChI=1S/C14H22N2O3S.ClH/c1-10(9-15-3)14(17)16-11(2)12-5-7-13(8-6-12)20(4,18)19;/h5-8,10-11,15H,9H2,1-4H3,(H,16,17);1H. The molecule has 120 valence electrons. The number of nitrogens with one attached hydrogen (secondary N) is 2. The van der Waals surface area contributed by atoms with Gasteiger partial charge in [-0.2, -0.15) is 0 Å². The summed E-state index contributed by atoms with van der Waals surface area (Å²) < 4.78 is 22.8. The summed E-state index contributed by atoms with van der Waals surface area (Å²) in [4.78, 5) is 12.2. The van der Waals surface area contributed by atoms with E-state index >= 15 is 0 Å². The topological polar surface area (TPSA) is 75.3 Å². The summed E-state index contributed by atoms with van der Waals surface area (Å²) >= 11 is 0. The van der Waals surface area contributed by atoms with Crippen molar-refractivity contribution in [2.24, 2.45) is 5.92 Å². The predicted molar refractivity (Wildman–Crippen MR) is 86.4 cm³/mol. The van der Waals surface area contributed by atoms with E-state index in [1.165, 1.54) is 6.26 Å². The lowest BCUT2D eigenvalue weighted by molar-refractivity contribution is -0.125. The third-order valence-corrected chi connectivity index (χ3v) is 4.25. The van der Waals surface area contributed by atoms with Crippen LogP contribution in [0.25, 0.3) is 0 Å². The number of carbonyl (C=O) groups excluding carboxylic acids is 1. The Morgan fingerprint density at radius 3 is 2.14 bits per heavy atom. The van der Waals surface area contributed by atoms with Gasteiger partial charge in [-0.3, -0.25) is 4.79 Å². The molecule has 1 amide bonds. The lowest BCUT2D eigenvalue weighted by Crippen LogP contribution is -2.35. The molecular weight excluding hydrogens is 312 g/mol. The summed E-state index contributed by atoms with van der Waals surface area (Å²) in [7, 11) is -1.38. The van der Waals surface area contributed by atoms with Crippen LogP contribution < -0.4 is 10.6 Å². The SMILES string of the molecule is CNCC(C)C(=O)NC(C)c1ccc(S(C)(=O)=O)cc1.Cl. The van der Waals surface area contributed by atoms with Gasteiger partial charge in [0.1, 0.15) is 0 Å². The Kier molecular flexibility index (Phi) is 7.92. The van der Waals surface area contributed by atoms with Crippen molar-refractivity contribution in [1.82, 2.24) is 10.6 Å². The second-order valence-electron chi connectivity index (χ2n) is 5.03. The Morgan fingerprint density at radius 2 is 1.71 bits per heavy atom. The van der Waals surface area contributed by atoms with E-state index in [1.54, 1.807) is 31.3 Å². The molecule has 0 aliphatic carbocycles. The zero-order valence-electron chi connectivity index (χ0n) is 12.7.